The molecule has 0 aliphatic rings. The van der Waals surface area contributed by atoms with E-state index in [4.69, 9.17) is 0 Å². The maximum Gasteiger partial charge on any atom is 0.170 e. The summed E-state index contributed by atoms with van der Waals surface area (Å²) in [5.74, 6) is -2.19. The quantitative estimate of drug-likeness (QED) is 0.574. The van der Waals surface area contributed by atoms with Crippen molar-refractivity contribution in [3.63, 3.8) is 0 Å². The van der Waals surface area contributed by atoms with Crippen LogP contribution in [0, 0.1) is 11.6 Å². The summed E-state index contributed by atoms with van der Waals surface area (Å²) in [6, 6.07) is 0.951. The number of benzene rings is 1. The van der Waals surface area contributed by atoms with E-state index in [1.54, 1.807) is 0 Å². The van der Waals surface area contributed by atoms with Crippen LogP contribution >= 0.6 is 31.9 Å². The lowest BCUT2D eigenvalue weighted by Crippen LogP contribution is -1.94. The number of carbonyl (C=O) groups is 1. The first-order valence-electron chi connectivity index (χ1n) is 2.86. The van der Waals surface area contributed by atoms with Crippen LogP contribution in [0.4, 0.5) is 8.78 Å². The molecule has 0 saturated heterocycles. The molecule has 0 atom stereocenters. The van der Waals surface area contributed by atoms with Gasteiger partial charge in [-0.25, -0.2) is 8.78 Å². The van der Waals surface area contributed by atoms with Gasteiger partial charge in [-0.3, -0.25) is 4.79 Å². The first kappa shape index (κ1) is 9.80. The van der Waals surface area contributed by atoms with Crippen molar-refractivity contribution in [1.29, 1.82) is 0 Å². The summed E-state index contributed by atoms with van der Waals surface area (Å²) in [4.78, 5) is 10.3. The number of hydrogen-bond acceptors (Lipinski definition) is 1. The Balaban J connectivity index is 3.52. The van der Waals surface area contributed by atoms with Crippen molar-refractivity contribution in [1.82, 2.24) is 0 Å². The minimum absolute atomic E-state index is 0.219. The first-order chi connectivity index (χ1) is 5.57. The second-order valence-corrected chi connectivity index (χ2v) is 3.65. The molecule has 1 aromatic rings. The van der Waals surface area contributed by atoms with Gasteiger partial charge in [-0.15, -0.1) is 0 Å². The van der Waals surface area contributed by atoms with Crippen LogP contribution in [0.2, 0.25) is 0 Å². The highest BCUT2D eigenvalue weighted by molar-refractivity contribution is 9.13. The zero-order valence-corrected chi connectivity index (χ0v) is 8.75. The van der Waals surface area contributed by atoms with Gasteiger partial charge in [0.25, 0.3) is 0 Å². The van der Waals surface area contributed by atoms with Gasteiger partial charge < -0.3 is 0 Å². The molecule has 0 radical (unpaired) electrons. The molecule has 0 aliphatic carbocycles. The van der Waals surface area contributed by atoms with E-state index < -0.39 is 11.6 Å². The maximum atomic E-state index is 12.8. The maximum absolute atomic E-state index is 12.8. The monoisotopic (exact) mass is 298 g/mol. The summed E-state index contributed by atoms with van der Waals surface area (Å²) in [6.07, 6.45) is 0.257. The van der Waals surface area contributed by atoms with Crippen LogP contribution in [-0.4, -0.2) is 6.29 Å². The normalized spacial score (nSPS) is 10.0. The molecule has 1 rings (SSSR count). The third-order valence-electron chi connectivity index (χ3n) is 1.26. The highest BCUT2D eigenvalue weighted by atomic mass is 79.9. The van der Waals surface area contributed by atoms with E-state index in [1.165, 1.54) is 0 Å². The lowest BCUT2D eigenvalue weighted by Gasteiger charge is -2.01. The first-order valence-corrected chi connectivity index (χ1v) is 4.44. The van der Waals surface area contributed by atoms with Gasteiger partial charge in [0.1, 0.15) is 0 Å². The van der Waals surface area contributed by atoms with Crippen molar-refractivity contribution in [2.24, 2.45) is 0 Å². The molecule has 5 heteroatoms. The molecule has 0 heterocycles. The molecule has 1 nitrogen and oxygen atoms in total. The standard InChI is InChI=1S/C7H2Br2F2O/c8-4-1-5(10)7(11)3(2-12)6(4)9/h1-2H. The van der Waals surface area contributed by atoms with Crippen LogP contribution in [0.5, 0.6) is 0 Å². The van der Waals surface area contributed by atoms with Crippen LogP contribution in [0.1, 0.15) is 10.4 Å². The van der Waals surface area contributed by atoms with E-state index in [-0.39, 0.29) is 16.3 Å². The van der Waals surface area contributed by atoms with Crippen LogP contribution in [-0.2, 0) is 0 Å². The summed E-state index contributed by atoms with van der Waals surface area (Å²) in [7, 11) is 0. The number of halogens is 4. The predicted octanol–water partition coefficient (Wildman–Crippen LogP) is 3.30. The number of carbonyl (C=O) groups excluding carboxylic acids is 1. The van der Waals surface area contributed by atoms with Crippen LogP contribution in [0.3, 0.4) is 0 Å². The molecule has 64 valence electrons. The second-order valence-electron chi connectivity index (χ2n) is 2.00. The van der Waals surface area contributed by atoms with E-state index in [0.29, 0.717) is 4.47 Å². The van der Waals surface area contributed by atoms with Crippen LogP contribution < -0.4 is 0 Å². The van der Waals surface area contributed by atoms with Crippen molar-refractivity contribution in [3.05, 3.63) is 32.2 Å². The zero-order chi connectivity index (χ0) is 9.30. The summed E-state index contributed by atoms with van der Waals surface area (Å²) < 4.78 is 25.9. The lowest BCUT2D eigenvalue weighted by molar-refractivity contribution is 0.111. The molecule has 0 unspecified atom stereocenters. The second kappa shape index (κ2) is 3.62. The molecule has 0 fully saturated rings. The predicted molar refractivity (Wildman–Crippen MR) is 47.1 cm³/mol. The number of hydrogen-bond donors (Lipinski definition) is 0. The van der Waals surface area contributed by atoms with Crippen LogP contribution in [0.25, 0.3) is 0 Å². The lowest BCUT2D eigenvalue weighted by atomic mass is 10.2. The molecule has 12 heavy (non-hydrogen) atoms. The summed E-state index contributed by atoms with van der Waals surface area (Å²) >= 11 is 5.90. The van der Waals surface area contributed by atoms with Crippen molar-refractivity contribution >= 4 is 38.1 Å². The fourth-order valence-electron chi connectivity index (χ4n) is 0.695. The largest absolute Gasteiger partial charge is 0.298 e. The van der Waals surface area contributed by atoms with E-state index in [1.807, 2.05) is 0 Å². The van der Waals surface area contributed by atoms with Crippen molar-refractivity contribution in [2.45, 2.75) is 0 Å². The average Bonchev–Trinajstić information content (AvgIpc) is 2.02. The average molecular weight is 300 g/mol. The Morgan fingerprint density at radius 3 is 2.42 bits per heavy atom. The van der Waals surface area contributed by atoms with Gasteiger partial charge in [0, 0.05) is 8.95 Å². The molecular formula is C7H2Br2F2O. The van der Waals surface area contributed by atoms with Gasteiger partial charge in [-0.2, -0.15) is 0 Å². The molecule has 0 spiro atoms. The highest BCUT2D eigenvalue weighted by Gasteiger charge is 2.14. The Kier molecular flexibility index (Phi) is 2.95. The molecule has 0 aromatic heterocycles. The Morgan fingerprint density at radius 1 is 1.33 bits per heavy atom. The molecule has 1 aromatic carbocycles. The van der Waals surface area contributed by atoms with Crippen LogP contribution in [0.15, 0.2) is 15.0 Å². The van der Waals surface area contributed by atoms with Gasteiger partial charge in [0.2, 0.25) is 0 Å². The summed E-state index contributed by atoms with van der Waals surface area (Å²) in [6.45, 7) is 0. The fourth-order valence-corrected chi connectivity index (χ4v) is 1.49. The van der Waals surface area contributed by atoms with E-state index in [2.05, 4.69) is 31.9 Å². The van der Waals surface area contributed by atoms with Gasteiger partial charge in [0.15, 0.2) is 17.9 Å². The Labute approximate surface area is 84.0 Å². The van der Waals surface area contributed by atoms with Gasteiger partial charge in [-0.05, 0) is 37.9 Å². The number of rotatable bonds is 1. The molecule has 0 saturated carbocycles. The smallest absolute Gasteiger partial charge is 0.170 e. The Bertz CT molecular complexity index is 312. The molecule has 0 bridgehead atoms. The SMILES string of the molecule is O=Cc1c(F)c(F)cc(Br)c1Br. The summed E-state index contributed by atoms with van der Waals surface area (Å²) in [5, 5.41) is 0. The summed E-state index contributed by atoms with van der Waals surface area (Å²) in [5.41, 5.74) is -0.318. The Hall–Kier alpha value is -0.290. The Morgan fingerprint density at radius 2 is 1.92 bits per heavy atom. The molecule has 0 N–H and O–H groups in total. The fraction of sp³-hybridized carbons (Fsp3) is 0. The third kappa shape index (κ3) is 1.56. The minimum Gasteiger partial charge on any atom is -0.298 e. The molecule has 0 aliphatic heterocycles. The zero-order valence-electron chi connectivity index (χ0n) is 5.57. The van der Waals surface area contributed by atoms with E-state index in [0.717, 1.165) is 6.07 Å². The van der Waals surface area contributed by atoms with Gasteiger partial charge in [-0.1, -0.05) is 0 Å². The van der Waals surface area contributed by atoms with Crippen molar-refractivity contribution < 1.29 is 13.6 Å². The molecule has 0 amide bonds. The minimum atomic E-state index is -1.14. The third-order valence-corrected chi connectivity index (χ3v) is 3.28. The topological polar surface area (TPSA) is 17.1 Å². The van der Waals surface area contributed by atoms with Crippen molar-refractivity contribution in [2.75, 3.05) is 0 Å². The van der Waals surface area contributed by atoms with E-state index in [9.17, 15) is 13.6 Å². The van der Waals surface area contributed by atoms with Gasteiger partial charge >= 0.3 is 0 Å². The van der Waals surface area contributed by atoms with Gasteiger partial charge in [0.05, 0.1) is 5.56 Å². The number of aldehydes is 1. The van der Waals surface area contributed by atoms with Crippen molar-refractivity contribution in [3.8, 4) is 0 Å². The highest BCUT2D eigenvalue weighted by Crippen LogP contribution is 2.29. The molecular weight excluding hydrogens is 298 g/mol. The van der Waals surface area contributed by atoms with E-state index >= 15 is 0 Å².